The zero-order chi connectivity index (χ0) is 18.4. The number of halogens is 2. The smallest absolute Gasteiger partial charge is 0.224 e. The van der Waals surface area contributed by atoms with Crippen LogP contribution in [0.15, 0.2) is 29.4 Å². The molecule has 0 amide bonds. The van der Waals surface area contributed by atoms with Crippen LogP contribution in [-0.4, -0.2) is 29.4 Å². The number of nitrogens with zero attached hydrogens (tertiary/aromatic N) is 3. The van der Waals surface area contributed by atoms with Gasteiger partial charge in [0, 0.05) is 13.1 Å². The van der Waals surface area contributed by atoms with Gasteiger partial charge in [-0.15, -0.1) is 0 Å². The molecule has 0 atom stereocenters. The molecule has 0 bridgehead atoms. The average Bonchev–Trinajstić information content (AvgIpc) is 2.66. The van der Waals surface area contributed by atoms with Crippen molar-refractivity contribution in [3.05, 3.63) is 36.0 Å². The molecule has 2 aromatic rings. The summed E-state index contributed by atoms with van der Waals surface area (Å²) in [6, 6.07) is 4.01. The Balaban J connectivity index is 1.68. The van der Waals surface area contributed by atoms with Gasteiger partial charge >= 0.3 is 0 Å². The first-order valence-electron chi connectivity index (χ1n) is 8.72. The molecule has 0 unspecified atom stereocenters. The summed E-state index contributed by atoms with van der Waals surface area (Å²) in [7, 11) is 1.74. The van der Waals surface area contributed by atoms with Gasteiger partial charge in [0.2, 0.25) is 5.95 Å². The van der Waals surface area contributed by atoms with Crippen LogP contribution < -0.4 is 16.0 Å². The van der Waals surface area contributed by atoms with Gasteiger partial charge in [-0.1, -0.05) is 25.3 Å². The van der Waals surface area contributed by atoms with Gasteiger partial charge in [-0.3, -0.25) is 0 Å². The monoisotopic (exact) mass is 360 g/mol. The molecule has 3 rings (SSSR count). The zero-order valence-electron chi connectivity index (χ0n) is 14.6. The maximum Gasteiger partial charge on any atom is 0.224 e. The number of nitrogens with one attached hydrogen (secondary N) is 3. The lowest BCUT2D eigenvalue weighted by Gasteiger charge is -2.23. The summed E-state index contributed by atoms with van der Waals surface area (Å²) in [5.41, 5.74) is 0.213. The predicted octanol–water partition coefficient (Wildman–Crippen LogP) is 4.31. The molecule has 1 fully saturated rings. The molecule has 0 spiro atoms. The molecular weight excluding hydrogens is 338 g/mol. The Bertz CT molecular complexity index is 754. The molecule has 3 N–H and O–H groups in total. The summed E-state index contributed by atoms with van der Waals surface area (Å²) in [5, 5.41) is 9.20. The molecule has 26 heavy (non-hydrogen) atoms. The standard InChI is InChI=1S/C18H22F2N6/c1-21-17-15(23-11-24-16-13(19)8-5-9-14(16)20)10-22-18(26-17)25-12-6-3-2-4-7-12/h5,8-12H,2-4,6-7H2,1H3,(H,23,24)(H2,21,22,25,26). The molecule has 0 radical (unpaired) electrons. The van der Waals surface area contributed by atoms with E-state index in [2.05, 4.69) is 30.9 Å². The van der Waals surface area contributed by atoms with Crippen molar-refractivity contribution in [2.45, 2.75) is 38.1 Å². The second kappa shape index (κ2) is 8.55. The Morgan fingerprint density at radius 2 is 1.88 bits per heavy atom. The fraction of sp³-hybridized carbons (Fsp3) is 0.389. The van der Waals surface area contributed by atoms with Crippen LogP contribution in [0.1, 0.15) is 32.1 Å². The lowest BCUT2D eigenvalue weighted by Crippen LogP contribution is -2.23. The van der Waals surface area contributed by atoms with Gasteiger partial charge in [-0.05, 0) is 25.0 Å². The molecular formula is C18H22F2N6. The number of aliphatic imine (C=N–C) groups is 1. The number of benzene rings is 1. The summed E-state index contributed by atoms with van der Waals surface area (Å²) in [4.78, 5) is 12.6. The minimum atomic E-state index is -0.722. The van der Waals surface area contributed by atoms with Crippen molar-refractivity contribution in [2.24, 2.45) is 4.99 Å². The molecule has 1 aliphatic rings. The number of hydrogen-bond acceptors (Lipinski definition) is 5. The zero-order valence-corrected chi connectivity index (χ0v) is 14.6. The largest absolute Gasteiger partial charge is 0.371 e. The minimum Gasteiger partial charge on any atom is -0.371 e. The number of para-hydroxylation sites is 1. The van der Waals surface area contributed by atoms with Crippen LogP contribution in [-0.2, 0) is 0 Å². The highest BCUT2D eigenvalue weighted by molar-refractivity contribution is 5.83. The summed E-state index contributed by atoms with van der Waals surface area (Å²) in [6.45, 7) is 0. The number of aromatic nitrogens is 2. The van der Waals surface area contributed by atoms with Crippen LogP contribution in [0.25, 0.3) is 0 Å². The highest BCUT2D eigenvalue weighted by Gasteiger charge is 2.15. The molecule has 1 aliphatic carbocycles. The minimum absolute atomic E-state index is 0.345. The van der Waals surface area contributed by atoms with E-state index in [1.165, 1.54) is 31.7 Å². The van der Waals surface area contributed by atoms with Gasteiger partial charge in [0.25, 0.3) is 0 Å². The molecule has 1 heterocycles. The summed E-state index contributed by atoms with van der Waals surface area (Å²) >= 11 is 0. The molecule has 6 nitrogen and oxygen atoms in total. The Hall–Kier alpha value is -2.77. The Morgan fingerprint density at radius 3 is 2.58 bits per heavy atom. The average molecular weight is 360 g/mol. The summed E-state index contributed by atoms with van der Waals surface area (Å²) in [6.07, 6.45) is 8.80. The van der Waals surface area contributed by atoms with E-state index in [1.54, 1.807) is 13.2 Å². The normalized spacial score (nSPS) is 15.2. The lowest BCUT2D eigenvalue weighted by atomic mass is 9.96. The Morgan fingerprint density at radius 1 is 1.15 bits per heavy atom. The van der Waals surface area contributed by atoms with E-state index in [1.807, 2.05) is 0 Å². The van der Waals surface area contributed by atoms with Crippen molar-refractivity contribution in [3.63, 3.8) is 0 Å². The van der Waals surface area contributed by atoms with E-state index in [4.69, 9.17) is 0 Å². The van der Waals surface area contributed by atoms with E-state index in [-0.39, 0.29) is 5.69 Å². The number of rotatable bonds is 6. The highest BCUT2D eigenvalue weighted by atomic mass is 19.1. The quantitative estimate of drug-likeness (QED) is 0.529. The van der Waals surface area contributed by atoms with Crippen molar-refractivity contribution < 1.29 is 8.78 Å². The van der Waals surface area contributed by atoms with Gasteiger partial charge in [0.1, 0.15) is 11.4 Å². The third-order valence-corrected chi connectivity index (χ3v) is 4.32. The van der Waals surface area contributed by atoms with Crippen LogP contribution in [0.2, 0.25) is 0 Å². The highest BCUT2D eigenvalue weighted by Crippen LogP contribution is 2.24. The Kier molecular flexibility index (Phi) is 5.93. The number of hydrogen-bond donors (Lipinski definition) is 3. The fourth-order valence-corrected chi connectivity index (χ4v) is 2.96. The Labute approximate surface area is 151 Å². The van der Waals surface area contributed by atoms with Gasteiger partial charge in [0.15, 0.2) is 17.5 Å². The van der Waals surface area contributed by atoms with Crippen LogP contribution in [0, 0.1) is 11.6 Å². The molecule has 138 valence electrons. The topological polar surface area (TPSA) is 74.2 Å². The van der Waals surface area contributed by atoms with E-state index in [0.717, 1.165) is 25.0 Å². The molecule has 1 saturated carbocycles. The molecule has 0 aliphatic heterocycles. The second-order valence-electron chi connectivity index (χ2n) is 6.16. The van der Waals surface area contributed by atoms with Crippen molar-refractivity contribution in [3.8, 4) is 0 Å². The van der Waals surface area contributed by atoms with Crippen molar-refractivity contribution in [2.75, 3.05) is 23.0 Å². The van der Waals surface area contributed by atoms with E-state index >= 15 is 0 Å². The third-order valence-electron chi connectivity index (χ3n) is 4.32. The van der Waals surface area contributed by atoms with Crippen LogP contribution in [0.5, 0.6) is 0 Å². The van der Waals surface area contributed by atoms with Crippen LogP contribution in [0.3, 0.4) is 0 Å². The van der Waals surface area contributed by atoms with E-state index < -0.39 is 11.6 Å². The summed E-state index contributed by atoms with van der Waals surface area (Å²) in [5.74, 6) is -0.317. The maximum absolute atomic E-state index is 13.6. The van der Waals surface area contributed by atoms with Crippen molar-refractivity contribution >= 4 is 29.5 Å². The molecule has 8 heteroatoms. The van der Waals surface area contributed by atoms with Crippen molar-refractivity contribution in [1.29, 1.82) is 0 Å². The SMILES string of the molecule is CNc1nc(NC2CCCCC2)ncc1NC=Nc1c(F)cccc1F. The fourth-order valence-electron chi connectivity index (χ4n) is 2.96. The maximum atomic E-state index is 13.6. The van der Waals surface area contributed by atoms with E-state index in [0.29, 0.717) is 23.5 Å². The predicted molar refractivity (Wildman–Crippen MR) is 100 cm³/mol. The first-order valence-corrected chi connectivity index (χ1v) is 8.72. The van der Waals surface area contributed by atoms with Gasteiger partial charge in [0.05, 0.1) is 12.5 Å². The van der Waals surface area contributed by atoms with Crippen molar-refractivity contribution in [1.82, 2.24) is 9.97 Å². The van der Waals surface area contributed by atoms with Crippen LogP contribution in [0.4, 0.5) is 31.9 Å². The van der Waals surface area contributed by atoms with Gasteiger partial charge in [-0.25, -0.2) is 18.8 Å². The first-order chi connectivity index (χ1) is 12.7. The number of anilines is 3. The second-order valence-corrected chi connectivity index (χ2v) is 6.16. The molecule has 0 saturated heterocycles. The third kappa shape index (κ3) is 4.44. The summed E-state index contributed by atoms with van der Waals surface area (Å²) < 4.78 is 27.1. The van der Waals surface area contributed by atoms with Crippen LogP contribution >= 0.6 is 0 Å². The molecule has 1 aromatic heterocycles. The van der Waals surface area contributed by atoms with E-state index in [9.17, 15) is 8.78 Å². The van der Waals surface area contributed by atoms with Gasteiger partial charge in [-0.2, -0.15) is 4.98 Å². The first kappa shape index (κ1) is 18.0. The molecule has 1 aromatic carbocycles. The van der Waals surface area contributed by atoms with Gasteiger partial charge < -0.3 is 16.0 Å². The lowest BCUT2D eigenvalue weighted by molar-refractivity contribution is 0.461.